The SMILES string of the molecule is COc1cc2ncnc(Nc3ccc(F)c(C)c3)c2cc1NC(=O)/C=C/CN1CCC(C)C1. The molecule has 8 heteroatoms. The number of likely N-dealkylation sites (tertiary alicyclic amines) is 1. The van der Waals surface area contributed by atoms with Gasteiger partial charge < -0.3 is 15.4 Å². The van der Waals surface area contributed by atoms with Crippen LogP contribution in [0.4, 0.5) is 21.6 Å². The number of amides is 1. The van der Waals surface area contributed by atoms with Crippen LogP contribution in [0.3, 0.4) is 0 Å². The van der Waals surface area contributed by atoms with E-state index in [1.54, 1.807) is 44.4 Å². The first-order chi connectivity index (χ1) is 15.9. The maximum Gasteiger partial charge on any atom is 0.248 e. The molecule has 1 amide bonds. The first kappa shape index (κ1) is 22.7. The fourth-order valence-electron chi connectivity index (χ4n) is 3.98. The molecule has 1 atom stereocenters. The van der Waals surface area contributed by atoms with E-state index in [4.69, 9.17) is 4.74 Å². The summed E-state index contributed by atoms with van der Waals surface area (Å²) in [4.78, 5) is 23.5. The van der Waals surface area contributed by atoms with Crippen molar-refractivity contribution >= 4 is 34.0 Å². The second kappa shape index (κ2) is 9.95. The van der Waals surface area contributed by atoms with Crippen molar-refractivity contribution in [3.63, 3.8) is 0 Å². The van der Waals surface area contributed by atoms with Crippen molar-refractivity contribution in [2.24, 2.45) is 5.92 Å². The molecule has 0 aliphatic carbocycles. The molecule has 172 valence electrons. The van der Waals surface area contributed by atoms with Crippen LogP contribution in [0.15, 0.2) is 48.8 Å². The molecule has 7 nitrogen and oxygen atoms in total. The van der Waals surface area contributed by atoms with Gasteiger partial charge in [0.15, 0.2) is 0 Å². The van der Waals surface area contributed by atoms with Crippen LogP contribution in [0.5, 0.6) is 5.75 Å². The maximum absolute atomic E-state index is 13.6. The number of hydrogen-bond acceptors (Lipinski definition) is 6. The first-order valence-corrected chi connectivity index (χ1v) is 11.0. The Balaban J connectivity index is 1.55. The minimum atomic E-state index is -0.268. The Hall–Kier alpha value is -3.52. The second-order valence-corrected chi connectivity index (χ2v) is 8.43. The lowest BCUT2D eigenvalue weighted by Gasteiger charge is -2.14. The van der Waals surface area contributed by atoms with Crippen LogP contribution in [-0.4, -0.2) is 47.5 Å². The predicted molar refractivity (Wildman–Crippen MR) is 129 cm³/mol. The number of methoxy groups -OCH3 is 1. The van der Waals surface area contributed by atoms with Gasteiger partial charge in [-0.1, -0.05) is 13.0 Å². The molecule has 1 unspecified atom stereocenters. The molecule has 4 rings (SSSR count). The molecule has 33 heavy (non-hydrogen) atoms. The average Bonchev–Trinajstić information content (AvgIpc) is 3.21. The number of nitrogens with zero attached hydrogens (tertiary/aromatic N) is 3. The molecule has 1 aromatic heterocycles. The third kappa shape index (κ3) is 5.46. The summed E-state index contributed by atoms with van der Waals surface area (Å²) in [5.74, 6) is 1.25. The minimum absolute atomic E-state index is 0.236. The van der Waals surface area contributed by atoms with Crippen molar-refractivity contribution in [2.75, 3.05) is 37.4 Å². The summed E-state index contributed by atoms with van der Waals surface area (Å²) in [7, 11) is 1.54. The highest BCUT2D eigenvalue weighted by molar-refractivity contribution is 6.03. The number of carbonyl (C=O) groups is 1. The van der Waals surface area contributed by atoms with Gasteiger partial charge in [0.05, 0.1) is 18.3 Å². The minimum Gasteiger partial charge on any atom is -0.494 e. The van der Waals surface area contributed by atoms with Crippen LogP contribution in [-0.2, 0) is 4.79 Å². The number of hydrogen-bond donors (Lipinski definition) is 2. The van der Waals surface area contributed by atoms with Crippen LogP contribution < -0.4 is 15.4 Å². The lowest BCUT2D eigenvalue weighted by molar-refractivity contribution is -0.111. The summed E-state index contributed by atoms with van der Waals surface area (Å²) in [6, 6.07) is 8.30. The number of halogens is 1. The van der Waals surface area contributed by atoms with Crippen LogP contribution in [0.1, 0.15) is 18.9 Å². The number of nitrogens with one attached hydrogen (secondary N) is 2. The molecule has 1 aliphatic rings. The lowest BCUT2D eigenvalue weighted by atomic mass is 10.1. The molecule has 1 aliphatic heterocycles. The standard InChI is InChI=1S/C25H28FN5O2/c1-16-8-10-31(14-16)9-4-5-24(32)30-22-12-19-21(13-23(22)33-3)27-15-28-25(19)29-18-6-7-20(26)17(2)11-18/h4-7,11-13,15-16H,8-10,14H2,1-3H3,(H,30,32)(H,27,28,29)/b5-4+. The number of ether oxygens (including phenoxy) is 1. The zero-order valence-corrected chi connectivity index (χ0v) is 19.1. The van der Waals surface area contributed by atoms with Crippen LogP contribution in [0.2, 0.25) is 0 Å². The molecule has 1 saturated heterocycles. The number of aromatic nitrogens is 2. The van der Waals surface area contributed by atoms with E-state index >= 15 is 0 Å². The van der Waals surface area contributed by atoms with Crippen molar-refractivity contribution < 1.29 is 13.9 Å². The Kier molecular flexibility index (Phi) is 6.84. The maximum atomic E-state index is 13.6. The highest BCUT2D eigenvalue weighted by Gasteiger charge is 2.17. The van der Waals surface area contributed by atoms with Crippen molar-refractivity contribution in [3.05, 3.63) is 60.2 Å². The van der Waals surface area contributed by atoms with Crippen LogP contribution in [0, 0.1) is 18.7 Å². The molecule has 0 spiro atoms. The first-order valence-electron chi connectivity index (χ1n) is 11.0. The number of rotatable bonds is 7. The fraction of sp³-hybridized carbons (Fsp3) is 0.320. The van der Waals surface area contributed by atoms with Crippen molar-refractivity contribution in [3.8, 4) is 5.75 Å². The molecule has 3 aromatic rings. The monoisotopic (exact) mass is 449 g/mol. The highest BCUT2D eigenvalue weighted by atomic mass is 19.1. The van der Waals surface area contributed by atoms with Gasteiger partial charge in [-0.3, -0.25) is 9.69 Å². The molecule has 2 N–H and O–H groups in total. The Morgan fingerprint density at radius 1 is 1.30 bits per heavy atom. The van der Waals surface area contributed by atoms with Gasteiger partial charge in [0.25, 0.3) is 0 Å². The third-order valence-corrected chi connectivity index (χ3v) is 5.78. The molecule has 1 fully saturated rings. The van der Waals surface area contributed by atoms with Crippen molar-refractivity contribution in [2.45, 2.75) is 20.3 Å². The van der Waals surface area contributed by atoms with E-state index in [0.717, 1.165) is 19.6 Å². The zero-order chi connectivity index (χ0) is 23.4. The van der Waals surface area contributed by atoms with E-state index in [2.05, 4.69) is 32.4 Å². The van der Waals surface area contributed by atoms with Crippen molar-refractivity contribution in [1.82, 2.24) is 14.9 Å². The van der Waals surface area contributed by atoms with Gasteiger partial charge >= 0.3 is 0 Å². The summed E-state index contributed by atoms with van der Waals surface area (Å²) in [6.45, 7) is 6.83. The van der Waals surface area contributed by atoms with Gasteiger partial charge in [-0.2, -0.15) is 0 Å². The summed E-state index contributed by atoms with van der Waals surface area (Å²) in [5, 5.41) is 6.80. The second-order valence-electron chi connectivity index (χ2n) is 8.43. The molecule has 2 heterocycles. The Bertz CT molecular complexity index is 1200. The van der Waals surface area contributed by atoms with E-state index in [1.807, 2.05) is 6.08 Å². The molecular formula is C25H28FN5O2. The summed E-state index contributed by atoms with van der Waals surface area (Å²) in [6.07, 6.45) is 6.08. The number of aryl methyl sites for hydroxylation is 1. The molecule has 0 bridgehead atoms. The van der Waals surface area contributed by atoms with E-state index in [0.29, 0.717) is 45.3 Å². The van der Waals surface area contributed by atoms with Gasteiger partial charge in [0.1, 0.15) is 23.7 Å². The fourth-order valence-corrected chi connectivity index (χ4v) is 3.98. The highest BCUT2D eigenvalue weighted by Crippen LogP contribution is 2.33. The van der Waals surface area contributed by atoms with Crippen molar-refractivity contribution in [1.29, 1.82) is 0 Å². The number of benzene rings is 2. The van der Waals surface area contributed by atoms with Gasteiger partial charge in [-0.25, -0.2) is 14.4 Å². The largest absolute Gasteiger partial charge is 0.494 e. The number of carbonyl (C=O) groups excluding carboxylic acids is 1. The number of fused-ring (bicyclic) bond motifs is 1. The van der Waals surface area contributed by atoms with E-state index in [-0.39, 0.29) is 11.7 Å². The van der Waals surface area contributed by atoms with Gasteiger partial charge in [0, 0.05) is 36.3 Å². The average molecular weight is 450 g/mol. The molecular weight excluding hydrogens is 421 g/mol. The normalized spacial score (nSPS) is 16.4. The van der Waals surface area contributed by atoms with Gasteiger partial charge in [0.2, 0.25) is 5.91 Å². The summed E-state index contributed by atoms with van der Waals surface area (Å²) < 4.78 is 19.1. The van der Waals surface area contributed by atoms with E-state index < -0.39 is 0 Å². The predicted octanol–water partition coefficient (Wildman–Crippen LogP) is 4.67. The quantitative estimate of drug-likeness (QED) is 0.511. The van der Waals surface area contributed by atoms with Crippen LogP contribution >= 0.6 is 0 Å². The summed E-state index contributed by atoms with van der Waals surface area (Å²) >= 11 is 0. The molecule has 0 radical (unpaired) electrons. The topological polar surface area (TPSA) is 79.4 Å². The number of anilines is 3. The van der Waals surface area contributed by atoms with E-state index in [1.165, 1.54) is 18.8 Å². The van der Waals surface area contributed by atoms with Gasteiger partial charge in [-0.05, 0) is 55.6 Å². The Morgan fingerprint density at radius 2 is 2.15 bits per heavy atom. The third-order valence-electron chi connectivity index (χ3n) is 5.78. The Morgan fingerprint density at radius 3 is 2.88 bits per heavy atom. The van der Waals surface area contributed by atoms with E-state index in [9.17, 15) is 9.18 Å². The smallest absolute Gasteiger partial charge is 0.248 e. The zero-order valence-electron chi connectivity index (χ0n) is 19.1. The molecule has 2 aromatic carbocycles. The Labute approximate surface area is 192 Å². The lowest BCUT2D eigenvalue weighted by Crippen LogP contribution is -2.20. The van der Waals surface area contributed by atoms with Gasteiger partial charge in [-0.15, -0.1) is 0 Å². The summed E-state index contributed by atoms with van der Waals surface area (Å²) in [5.41, 5.74) is 2.40. The molecule has 0 saturated carbocycles. The van der Waals surface area contributed by atoms with Crippen LogP contribution in [0.25, 0.3) is 10.9 Å².